The summed E-state index contributed by atoms with van der Waals surface area (Å²) < 4.78 is 13.1. The molecule has 0 spiro atoms. The Labute approximate surface area is 225 Å². The summed E-state index contributed by atoms with van der Waals surface area (Å²) >= 11 is 0. The minimum atomic E-state index is -0.531. The number of amides is 1. The van der Waals surface area contributed by atoms with E-state index in [1.54, 1.807) is 15.7 Å². The summed E-state index contributed by atoms with van der Waals surface area (Å²) in [5, 5.41) is 0. The van der Waals surface area contributed by atoms with Crippen LogP contribution in [0.2, 0.25) is 0 Å². The number of hydrogen-bond donors (Lipinski definition) is 0. The van der Waals surface area contributed by atoms with Crippen LogP contribution in [0.3, 0.4) is 0 Å². The summed E-state index contributed by atoms with van der Waals surface area (Å²) in [6, 6.07) is 13.2. The number of carbonyl (C=O) groups is 1. The van der Waals surface area contributed by atoms with Crippen LogP contribution >= 0.6 is 0 Å². The van der Waals surface area contributed by atoms with Crippen molar-refractivity contribution in [2.24, 2.45) is 5.92 Å². The van der Waals surface area contributed by atoms with Gasteiger partial charge in [0.05, 0.1) is 6.54 Å². The molecule has 1 aromatic carbocycles. The fourth-order valence-electron chi connectivity index (χ4n) is 5.03. The molecule has 3 heterocycles. The van der Waals surface area contributed by atoms with Gasteiger partial charge in [0.1, 0.15) is 18.0 Å². The van der Waals surface area contributed by atoms with Gasteiger partial charge in [0.2, 0.25) is 0 Å². The van der Waals surface area contributed by atoms with Crippen LogP contribution in [-0.2, 0) is 11.3 Å². The van der Waals surface area contributed by atoms with Gasteiger partial charge in [-0.25, -0.2) is 4.79 Å². The fourth-order valence-corrected chi connectivity index (χ4v) is 5.03. The van der Waals surface area contributed by atoms with Crippen LogP contribution in [0.1, 0.15) is 53.0 Å². The molecule has 0 radical (unpaired) electrons. The first-order chi connectivity index (χ1) is 18.1. The second-order valence-corrected chi connectivity index (χ2v) is 10.9. The lowest BCUT2D eigenvalue weighted by Crippen LogP contribution is -2.39. The Bertz CT molecular complexity index is 1310. The van der Waals surface area contributed by atoms with E-state index >= 15 is 0 Å². The first-order valence-corrected chi connectivity index (χ1v) is 13.3. The maximum Gasteiger partial charge on any atom is 0.410 e. The van der Waals surface area contributed by atoms with Gasteiger partial charge in [0.15, 0.2) is 0 Å². The molecule has 2 aliphatic heterocycles. The average molecular weight is 518 g/mol. The number of nitrogens with zero attached hydrogens (tertiary/aromatic N) is 3. The first kappa shape index (κ1) is 27.3. The van der Waals surface area contributed by atoms with Gasteiger partial charge < -0.3 is 19.3 Å². The number of ether oxygens (including phenoxy) is 2. The van der Waals surface area contributed by atoms with E-state index in [4.69, 9.17) is 9.47 Å². The summed E-state index contributed by atoms with van der Waals surface area (Å²) in [5.41, 5.74) is 4.74. The predicted octanol–water partition coefficient (Wildman–Crippen LogP) is 6.04. The molecule has 0 N–H and O–H groups in total. The van der Waals surface area contributed by atoms with Crippen molar-refractivity contribution in [3.8, 4) is 5.75 Å². The van der Waals surface area contributed by atoms with Crippen molar-refractivity contribution in [3.05, 3.63) is 93.7 Å². The highest BCUT2D eigenvalue weighted by Gasteiger charge is 2.35. The molecule has 2 aromatic rings. The number of pyridine rings is 1. The Hall–Kier alpha value is -3.74. The summed E-state index contributed by atoms with van der Waals surface area (Å²) in [6.45, 7) is 11.4. The summed E-state index contributed by atoms with van der Waals surface area (Å²) in [7, 11) is 2.04. The molecule has 38 heavy (non-hydrogen) atoms. The van der Waals surface area contributed by atoms with Gasteiger partial charge in [-0.2, -0.15) is 0 Å². The molecule has 7 nitrogen and oxygen atoms in total. The van der Waals surface area contributed by atoms with Gasteiger partial charge in [0.25, 0.3) is 5.56 Å². The van der Waals surface area contributed by atoms with Crippen LogP contribution < -0.4 is 10.3 Å². The number of aromatic nitrogens is 1. The van der Waals surface area contributed by atoms with Crippen molar-refractivity contribution in [3.63, 3.8) is 0 Å². The predicted molar refractivity (Wildman–Crippen MR) is 150 cm³/mol. The highest BCUT2D eigenvalue weighted by atomic mass is 16.6. The summed E-state index contributed by atoms with van der Waals surface area (Å²) in [6.07, 6.45) is 7.32. The standard InChI is InChI=1S/C31H39N3O4/c1-7-24(34-17-15-25(19-29(34)35)37-21-23-12-9-8-10-13-23)18-27-22(2)26-14-11-16-33(20-28(26)32(27)6)30(36)38-31(3,4)5/h7-10,12-13,15,17-19,22H,11,14,16,20-21H2,1-6H3. The molecule has 0 bridgehead atoms. The zero-order chi connectivity index (χ0) is 27.4. The van der Waals surface area contributed by atoms with E-state index in [1.165, 1.54) is 11.6 Å². The zero-order valence-electron chi connectivity index (χ0n) is 23.4. The molecular formula is C31H39N3O4. The van der Waals surface area contributed by atoms with Crippen LogP contribution in [0.25, 0.3) is 5.70 Å². The quantitative estimate of drug-likeness (QED) is 0.484. The maximum atomic E-state index is 13.0. The Morgan fingerprint density at radius 1 is 1.16 bits per heavy atom. The molecule has 0 fully saturated rings. The summed E-state index contributed by atoms with van der Waals surface area (Å²) in [4.78, 5) is 29.8. The number of benzene rings is 1. The molecular weight excluding hydrogens is 478 g/mol. The largest absolute Gasteiger partial charge is 0.489 e. The Kier molecular flexibility index (Phi) is 8.14. The maximum absolute atomic E-state index is 13.0. The number of hydrogen-bond acceptors (Lipinski definition) is 5. The molecule has 1 atom stereocenters. The molecule has 0 saturated heterocycles. The summed E-state index contributed by atoms with van der Waals surface area (Å²) in [5.74, 6) is 0.730. The van der Waals surface area contributed by atoms with Gasteiger partial charge in [-0.1, -0.05) is 43.3 Å². The van der Waals surface area contributed by atoms with Gasteiger partial charge >= 0.3 is 6.09 Å². The average Bonchev–Trinajstić information content (AvgIpc) is 3.02. The highest BCUT2D eigenvalue weighted by Crippen LogP contribution is 2.40. The van der Waals surface area contributed by atoms with Crippen LogP contribution in [0.4, 0.5) is 4.79 Å². The molecule has 202 valence electrons. The van der Waals surface area contributed by atoms with Crippen molar-refractivity contribution < 1.29 is 14.3 Å². The molecule has 0 aliphatic carbocycles. The molecule has 2 aliphatic rings. The molecule has 1 unspecified atom stereocenters. The van der Waals surface area contributed by atoms with Crippen LogP contribution in [0.5, 0.6) is 5.75 Å². The monoisotopic (exact) mass is 517 g/mol. The second-order valence-electron chi connectivity index (χ2n) is 10.9. The van der Waals surface area contributed by atoms with Crippen molar-refractivity contribution in [1.82, 2.24) is 14.4 Å². The molecule has 7 heteroatoms. The van der Waals surface area contributed by atoms with Gasteiger partial charge in [0, 0.05) is 48.9 Å². The number of likely N-dealkylation sites (N-methyl/N-ethyl adjacent to an activating group) is 1. The first-order valence-electron chi connectivity index (χ1n) is 13.3. The Morgan fingerprint density at radius 3 is 2.55 bits per heavy atom. The van der Waals surface area contributed by atoms with Crippen molar-refractivity contribution in [1.29, 1.82) is 0 Å². The third-order valence-corrected chi connectivity index (χ3v) is 7.00. The molecule has 1 aromatic heterocycles. The van der Waals surface area contributed by atoms with Gasteiger partial charge in [-0.05, 0) is 63.8 Å². The van der Waals surface area contributed by atoms with E-state index in [0.717, 1.165) is 35.5 Å². The number of carbonyl (C=O) groups excluding carboxylic acids is 1. The zero-order valence-corrected chi connectivity index (χ0v) is 23.4. The van der Waals surface area contributed by atoms with E-state index in [2.05, 4.69) is 17.9 Å². The van der Waals surface area contributed by atoms with E-state index in [0.29, 0.717) is 25.4 Å². The lowest BCUT2D eigenvalue weighted by atomic mass is 9.96. The third-order valence-electron chi connectivity index (χ3n) is 7.00. The minimum absolute atomic E-state index is 0.153. The van der Waals surface area contributed by atoms with E-state index in [-0.39, 0.29) is 17.6 Å². The molecule has 4 rings (SSSR count). The fraction of sp³-hybridized carbons (Fsp3) is 0.419. The van der Waals surface area contributed by atoms with Crippen LogP contribution in [-0.4, -0.2) is 46.2 Å². The van der Waals surface area contributed by atoms with Gasteiger partial charge in [-0.15, -0.1) is 0 Å². The topological polar surface area (TPSA) is 64.0 Å². The van der Waals surface area contributed by atoms with E-state index in [1.807, 2.05) is 77.2 Å². The van der Waals surface area contributed by atoms with E-state index < -0.39 is 5.60 Å². The number of allylic oxidation sites excluding steroid dienone is 4. The number of rotatable bonds is 5. The normalized spacial score (nSPS) is 19.5. The smallest absolute Gasteiger partial charge is 0.410 e. The minimum Gasteiger partial charge on any atom is -0.489 e. The van der Waals surface area contributed by atoms with Crippen molar-refractivity contribution >= 4 is 11.8 Å². The van der Waals surface area contributed by atoms with Gasteiger partial charge in [-0.3, -0.25) is 9.36 Å². The lowest BCUT2D eigenvalue weighted by Gasteiger charge is -2.29. The Morgan fingerprint density at radius 2 is 1.89 bits per heavy atom. The SMILES string of the molecule is CC=C(C=C1C(C)C2=C(CN(C(=O)OC(C)(C)C)CCC2)N1C)n1ccc(OCc2ccccc2)cc1=O. The molecule has 1 amide bonds. The van der Waals surface area contributed by atoms with E-state index in [9.17, 15) is 9.59 Å². The van der Waals surface area contributed by atoms with Crippen LogP contribution in [0, 0.1) is 5.92 Å². The second kappa shape index (κ2) is 11.3. The third kappa shape index (κ3) is 6.21. The highest BCUT2D eigenvalue weighted by molar-refractivity contribution is 5.69. The molecule has 0 saturated carbocycles. The van der Waals surface area contributed by atoms with Crippen molar-refractivity contribution in [2.45, 2.75) is 59.7 Å². The lowest BCUT2D eigenvalue weighted by molar-refractivity contribution is 0.0262. The van der Waals surface area contributed by atoms with Crippen molar-refractivity contribution in [2.75, 3.05) is 20.1 Å². The Balaban J connectivity index is 1.52. The van der Waals surface area contributed by atoms with Crippen LogP contribution in [0.15, 0.2) is 82.6 Å².